The first kappa shape index (κ1) is 12.4. The van der Waals surface area contributed by atoms with Crippen LogP contribution in [0.25, 0.3) is 0 Å². The standard InChI is InChI=1S/C14H11BrFNO2/c1-18-14-5-4-12-11(17-14)3-2-9-10(16)6-8(15)7-13(9)19-12/h4-7H,2-3H2,1H3. The van der Waals surface area contributed by atoms with Crippen molar-refractivity contribution in [2.45, 2.75) is 12.8 Å². The molecule has 0 spiro atoms. The SMILES string of the molecule is COc1ccc2c(n1)CCc1c(F)cc(Br)cc1O2. The fraction of sp³-hybridized carbons (Fsp3) is 0.214. The van der Waals surface area contributed by atoms with E-state index in [1.54, 1.807) is 25.3 Å². The lowest BCUT2D eigenvalue weighted by molar-refractivity contribution is 0.392. The Bertz CT molecular complexity index is 646. The lowest BCUT2D eigenvalue weighted by Gasteiger charge is -2.10. The summed E-state index contributed by atoms with van der Waals surface area (Å²) in [5.41, 5.74) is 1.37. The number of fused-ring (bicyclic) bond motifs is 2. The summed E-state index contributed by atoms with van der Waals surface area (Å²) in [6.07, 6.45) is 1.18. The average molecular weight is 324 g/mol. The number of aryl methyl sites for hydroxylation is 1. The minimum Gasteiger partial charge on any atom is -0.481 e. The van der Waals surface area contributed by atoms with E-state index in [9.17, 15) is 4.39 Å². The van der Waals surface area contributed by atoms with E-state index < -0.39 is 0 Å². The predicted octanol–water partition coefficient (Wildman–Crippen LogP) is 3.88. The van der Waals surface area contributed by atoms with E-state index in [0.717, 1.165) is 5.69 Å². The smallest absolute Gasteiger partial charge is 0.213 e. The topological polar surface area (TPSA) is 31.4 Å². The molecular formula is C14H11BrFNO2. The average Bonchev–Trinajstić information content (AvgIpc) is 2.56. The summed E-state index contributed by atoms with van der Waals surface area (Å²) in [6.45, 7) is 0. The first-order valence-electron chi connectivity index (χ1n) is 5.87. The zero-order chi connectivity index (χ0) is 13.4. The second-order valence-electron chi connectivity index (χ2n) is 4.26. The maximum Gasteiger partial charge on any atom is 0.213 e. The van der Waals surface area contributed by atoms with E-state index >= 15 is 0 Å². The van der Waals surface area contributed by atoms with Crippen LogP contribution in [0.3, 0.4) is 0 Å². The quantitative estimate of drug-likeness (QED) is 0.798. The molecule has 0 bridgehead atoms. The minimum atomic E-state index is -0.260. The van der Waals surface area contributed by atoms with Crippen molar-refractivity contribution in [2.75, 3.05) is 7.11 Å². The summed E-state index contributed by atoms with van der Waals surface area (Å²) < 4.78 is 25.5. The van der Waals surface area contributed by atoms with Gasteiger partial charge >= 0.3 is 0 Å². The molecular weight excluding hydrogens is 313 g/mol. The Morgan fingerprint density at radius 2 is 2.11 bits per heavy atom. The van der Waals surface area contributed by atoms with Crippen LogP contribution in [0.15, 0.2) is 28.7 Å². The summed E-state index contributed by atoms with van der Waals surface area (Å²) in [5, 5.41) is 0. The molecule has 0 saturated carbocycles. The molecule has 1 aromatic carbocycles. The van der Waals surface area contributed by atoms with Crippen LogP contribution in [0.1, 0.15) is 11.3 Å². The van der Waals surface area contributed by atoms with Gasteiger partial charge in [-0.2, -0.15) is 0 Å². The van der Waals surface area contributed by atoms with E-state index in [4.69, 9.17) is 9.47 Å². The Hall–Kier alpha value is -1.62. The molecule has 0 unspecified atom stereocenters. The number of nitrogens with zero attached hydrogens (tertiary/aromatic N) is 1. The summed E-state index contributed by atoms with van der Waals surface area (Å²) >= 11 is 3.27. The summed E-state index contributed by atoms with van der Waals surface area (Å²) in [5.74, 6) is 1.47. The van der Waals surface area contributed by atoms with Gasteiger partial charge in [0.15, 0.2) is 0 Å². The monoisotopic (exact) mass is 323 g/mol. The maximum atomic E-state index is 13.9. The second-order valence-corrected chi connectivity index (χ2v) is 5.18. The van der Waals surface area contributed by atoms with Crippen molar-refractivity contribution in [1.82, 2.24) is 4.98 Å². The van der Waals surface area contributed by atoms with Crippen molar-refractivity contribution in [3.8, 4) is 17.4 Å². The van der Waals surface area contributed by atoms with Gasteiger partial charge in [0.2, 0.25) is 5.88 Å². The normalized spacial score (nSPS) is 13.0. The summed E-state index contributed by atoms with van der Waals surface area (Å²) in [7, 11) is 1.57. The third-order valence-electron chi connectivity index (χ3n) is 3.07. The lowest BCUT2D eigenvalue weighted by Crippen LogP contribution is -1.96. The zero-order valence-corrected chi connectivity index (χ0v) is 11.8. The number of rotatable bonds is 1. The Morgan fingerprint density at radius 3 is 2.89 bits per heavy atom. The van der Waals surface area contributed by atoms with Gasteiger partial charge in [-0.05, 0) is 31.0 Å². The number of hydrogen-bond acceptors (Lipinski definition) is 3. The molecule has 1 aliphatic heterocycles. The van der Waals surface area contributed by atoms with Gasteiger partial charge in [-0.3, -0.25) is 0 Å². The highest BCUT2D eigenvalue weighted by molar-refractivity contribution is 9.10. The van der Waals surface area contributed by atoms with Crippen molar-refractivity contribution in [3.63, 3.8) is 0 Å². The Morgan fingerprint density at radius 1 is 1.26 bits per heavy atom. The number of hydrogen-bond donors (Lipinski definition) is 0. The lowest BCUT2D eigenvalue weighted by atomic mass is 10.1. The molecule has 3 rings (SSSR count). The van der Waals surface area contributed by atoms with Gasteiger partial charge in [-0.25, -0.2) is 9.37 Å². The first-order valence-corrected chi connectivity index (χ1v) is 6.66. The van der Waals surface area contributed by atoms with E-state index in [0.29, 0.717) is 40.3 Å². The molecule has 1 aromatic heterocycles. The number of aromatic nitrogens is 1. The van der Waals surface area contributed by atoms with Crippen LogP contribution in [0.4, 0.5) is 4.39 Å². The van der Waals surface area contributed by atoms with Crippen LogP contribution in [-0.2, 0) is 12.8 Å². The molecule has 0 fully saturated rings. The molecule has 1 aliphatic rings. The molecule has 0 saturated heterocycles. The Kier molecular flexibility index (Phi) is 3.14. The van der Waals surface area contributed by atoms with Crippen LogP contribution < -0.4 is 9.47 Å². The minimum absolute atomic E-state index is 0.260. The molecule has 0 atom stereocenters. The van der Waals surface area contributed by atoms with E-state index in [1.165, 1.54) is 6.07 Å². The predicted molar refractivity (Wildman–Crippen MR) is 72.4 cm³/mol. The molecule has 0 aliphatic carbocycles. The van der Waals surface area contributed by atoms with Crippen molar-refractivity contribution in [1.29, 1.82) is 0 Å². The largest absolute Gasteiger partial charge is 0.481 e. The Balaban J connectivity index is 2.07. The van der Waals surface area contributed by atoms with Gasteiger partial charge in [0.05, 0.1) is 12.8 Å². The van der Waals surface area contributed by atoms with Gasteiger partial charge in [-0.15, -0.1) is 0 Å². The molecule has 0 N–H and O–H groups in total. The van der Waals surface area contributed by atoms with Crippen molar-refractivity contribution in [3.05, 3.63) is 45.8 Å². The Labute approximate surface area is 118 Å². The van der Waals surface area contributed by atoms with Gasteiger partial charge < -0.3 is 9.47 Å². The van der Waals surface area contributed by atoms with E-state index in [1.807, 2.05) is 0 Å². The van der Waals surface area contributed by atoms with Crippen LogP contribution in [-0.4, -0.2) is 12.1 Å². The zero-order valence-electron chi connectivity index (χ0n) is 10.2. The molecule has 3 nitrogen and oxygen atoms in total. The molecule has 19 heavy (non-hydrogen) atoms. The van der Waals surface area contributed by atoms with Crippen LogP contribution in [0.5, 0.6) is 17.4 Å². The molecule has 2 aromatic rings. The highest BCUT2D eigenvalue weighted by Crippen LogP contribution is 2.36. The first-order chi connectivity index (χ1) is 9.17. The number of halogens is 2. The van der Waals surface area contributed by atoms with Crippen molar-refractivity contribution < 1.29 is 13.9 Å². The highest BCUT2D eigenvalue weighted by atomic mass is 79.9. The van der Waals surface area contributed by atoms with E-state index in [-0.39, 0.29) is 5.82 Å². The fourth-order valence-electron chi connectivity index (χ4n) is 2.13. The molecule has 0 amide bonds. The van der Waals surface area contributed by atoms with Crippen molar-refractivity contribution >= 4 is 15.9 Å². The fourth-order valence-corrected chi connectivity index (χ4v) is 2.54. The van der Waals surface area contributed by atoms with Gasteiger partial charge in [0.1, 0.15) is 17.3 Å². The van der Waals surface area contributed by atoms with Crippen LogP contribution in [0.2, 0.25) is 0 Å². The third-order valence-corrected chi connectivity index (χ3v) is 3.52. The van der Waals surface area contributed by atoms with Gasteiger partial charge in [-0.1, -0.05) is 15.9 Å². The molecule has 98 valence electrons. The van der Waals surface area contributed by atoms with Gasteiger partial charge in [0.25, 0.3) is 0 Å². The molecule has 5 heteroatoms. The number of ether oxygens (including phenoxy) is 2. The van der Waals surface area contributed by atoms with E-state index in [2.05, 4.69) is 20.9 Å². The summed E-state index contributed by atoms with van der Waals surface area (Å²) in [4.78, 5) is 4.35. The molecule has 0 radical (unpaired) electrons. The number of benzene rings is 1. The summed E-state index contributed by atoms with van der Waals surface area (Å²) in [6, 6.07) is 6.76. The third kappa shape index (κ3) is 2.30. The number of methoxy groups -OCH3 is 1. The maximum absolute atomic E-state index is 13.9. The second kappa shape index (κ2) is 4.81. The molecule has 2 heterocycles. The van der Waals surface area contributed by atoms with Crippen molar-refractivity contribution in [2.24, 2.45) is 0 Å². The van der Waals surface area contributed by atoms with Gasteiger partial charge in [0, 0.05) is 16.1 Å². The van der Waals surface area contributed by atoms with Crippen LogP contribution in [0, 0.1) is 5.82 Å². The number of pyridine rings is 1. The highest BCUT2D eigenvalue weighted by Gasteiger charge is 2.20. The van der Waals surface area contributed by atoms with Crippen LogP contribution >= 0.6 is 15.9 Å².